The Hall–Kier alpha value is -2.23. The first-order valence-corrected chi connectivity index (χ1v) is 6.13. The number of aromatic amines is 1. The molecule has 0 saturated carbocycles. The van der Waals surface area contributed by atoms with E-state index in [1.807, 2.05) is 4.98 Å². The molecule has 1 fully saturated rings. The Morgan fingerprint density at radius 3 is 2.81 bits per heavy atom. The van der Waals surface area contributed by atoms with Crippen LogP contribution in [0.5, 0.6) is 0 Å². The maximum Gasteiger partial charge on any atom is 0.330 e. The fourth-order valence-corrected chi connectivity index (χ4v) is 2.04. The first kappa shape index (κ1) is 15.2. The van der Waals surface area contributed by atoms with Crippen LogP contribution in [0.3, 0.4) is 0 Å². The van der Waals surface area contributed by atoms with Crippen LogP contribution in [0.2, 0.25) is 0 Å². The van der Waals surface area contributed by atoms with E-state index in [1.54, 1.807) is 0 Å². The molecule has 0 spiro atoms. The smallest absolute Gasteiger partial charge is 0.330 e. The maximum atomic E-state index is 11.8. The van der Waals surface area contributed by atoms with Gasteiger partial charge in [0.05, 0.1) is 18.3 Å². The highest BCUT2D eigenvalue weighted by molar-refractivity contribution is 5.85. The molecular formula is C12H14N2O7. The Morgan fingerprint density at radius 2 is 2.24 bits per heavy atom. The Bertz CT molecular complexity index is 675. The minimum Gasteiger partial charge on any atom is -0.478 e. The van der Waals surface area contributed by atoms with Gasteiger partial charge >= 0.3 is 11.7 Å². The number of rotatable bonds is 4. The quantitative estimate of drug-likeness (QED) is 0.484. The summed E-state index contributed by atoms with van der Waals surface area (Å²) in [5.41, 5.74) is -1.52. The second-order valence-electron chi connectivity index (χ2n) is 4.54. The zero-order valence-electron chi connectivity index (χ0n) is 10.8. The topological polar surface area (TPSA) is 142 Å². The number of carbonyl (C=O) groups is 1. The molecule has 3 atom stereocenters. The number of ether oxygens (including phenoxy) is 1. The largest absolute Gasteiger partial charge is 0.478 e. The van der Waals surface area contributed by atoms with E-state index >= 15 is 0 Å². The molecule has 0 amide bonds. The summed E-state index contributed by atoms with van der Waals surface area (Å²) in [5, 5.41) is 27.2. The molecule has 0 radical (unpaired) electrons. The van der Waals surface area contributed by atoms with Gasteiger partial charge in [-0.25, -0.2) is 9.59 Å². The molecule has 21 heavy (non-hydrogen) atoms. The number of nitrogens with zero attached hydrogens (tertiary/aromatic N) is 1. The standard InChI is InChI=1S/C12H14N2O7/c15-5-8-7(16)3-9(21-8)14-4-6(1-2-10(17)18)11(19)13-12(14)20/h1-2,4,7-9,15-16H,3,5H2,(H,17,18)(H,13,19,20)/t7-,8+,9+/m0/s1. The van der Waals surface area contributed by atoms with Crippen LogP contribution in [0.15, 0.2) is 21.9 Å². The zero-order valence-corrected chi connectivity index (χ0v) is 10.8. The predicted molar refractivity (Wildman–Crippen MR) is 69.6 cm³/mol. The minimum absolute atomic E-state index is 0.0393. The van der Waals surface area contributed by atoms with E-state index in [1.165, 1.54) is 0 Å². The van der Waals surface area contributed by atoms with Crippen molar-refractivity contribution in [2.45, 2.75) is 24.9 Å². The van der Waals surface area contributed by atoms with Gasteiger partial charge < -0.3 is 20.1 Å². The molecule has 1 aliphatic rings. The summed E-state index contributed by atoms with van der Waals surface area (Å²) >= 11 is 0. The Morgan fingerprint density at radius 1 is 1.52 bits per heavy atom. The molecule has 1 aromatic heterocycles. The highest BCUT2D eigenvalue weighted by Gasteiger charge is 2.35. The van der Waals surface area contributed by atoms with E-state index in [9.17, 15) is 19.5 Å². The molecule has 1 aliphatic heterocycles. The van der Waals surface area contributed by atoms with Crippen LogP contribution < -0.4 is 11.2 Å². The van der Waals surface area contributed by atoms with Gasteiger partial charge in [0.2, 0.25) is 0 Å². The third-order valence-corrected chi connectivity index (χ3v) is 3.10. The van der Waals surface area contributed by atoms with Gasteiger partial charge in [-0.15, -0.1) is 0 Å². The Labute approximate surface area is 117 Å². The number of carboxylic acids is 1. The Balaban J connectivity index is 2.37. The number of aromatic nitrogens is 2. The van der Waals surface area contributed by atoms with Gasteiger partial charge in [-0.05, 0) is 6.08 Å². The second kappa shape index (κ2) is 6.04. The fraction of sp³-hybridized carbons (Fsp3) is 0.417. The van der Waals surface area contributed by atoms with Crippen molar-refractivity contribution >= 4 is 12.0 Å². The SMILES string of the molecule is O=C(O)C=Cc1cn([C@H]2C[C@H](O)[C@@H](CO)O2)c(=O)[nH]c1=O. The van der Waals surface area contributed by atoms with E-state index in [2.05, 4.69) is 0 Å². The molecule has 4 N–H and O–H groups in total. The van der Waals surface area contributed by atoms with Gasteiger partial charge in [-0.2, -0.15) is 0 Å². The highest BCUT2D eigenvalue weighted by atomic mass is 16.5. The summed E-state index contributed by atoms with van der Waals surface area (Å²) in [6, 6.07) is 0. The van der Waals surface area contributed by atoms with Crippen LogP contribution in [0.4, 0.5) is 0 Å². The number of hydrogen-bond donors (Lipinski definition) is 4. The van der Waals surface area contributed by atoms with Gasteiger partial charge in [0.15, 0.2) is 0 Å². The van der Waals surface area contributed by atoms with Crippen molar-refractivity contribution < 1.29 is 24.9 Å². The number of aliphatic carboxylic acids is 1. The van der Waals surface area contributed by atoms with Crippen molar-refractivity contribution in [3.05, 3.63) is 38.7 Å². The molecule has 0 unspecified atom stereocenters. The van der Waals surface area contributed by atoms with Crippen molar-refractivity contribution in [1.82, 2.24) is 9.55 Å². The van der Waals surface area contributed by atoms with Crippen molar-refractivity contribution in [2.75, 3.05) is 6.61 Å². The van der Waals surface area contributed by atoms with E-state index < -0.39 is 42.3 Å². The molecule has 0 aliphatic carbocycles. The van der Waals surface area contributed by atoms with E-state index in [-0.39, 0.29) is 12.0 Å². The molecule has 9 nitrogen and oxygen atoms in total. The fourth-order valence-electron chi connectivity index (χ4n) is 2.04. The lowest BCUT2D eigenvalue weighted by Gasteiger charge is -2.14. The van der Waals surface area contributed by atoms with E-state index in [0.29, 0.717) is 0 Å². The van der Waals surface area contributed by atoms with Crippen LogP contribution in [0.1, 0.15) is 18.2 Å². The monoisotopic (exact) mass is 298 g/mol. The number of aliphatic hydroxyl groups is 2. The predicted octanol–water partition coefficient (Wildman–Crippen LogP) is -1.72. The third kappa shape index (κ3) is 3.27. The van der Waals surface area contributed by atoms with Gasteiger partial charge in [-0.3, -0.25) is 14.3 Å². The maximum absolute atomic E-state index is 11.8. The molecule has 9 heteroatoms. The van der Waals surface area contributed by atoms with Crippen molar-refractivity contribution in [3.8, 4) is 0 Å². The van der Waals surface area contributed by atoms with Crippen molar-refractivity contribution in [2.24, 2.45) is 0 Å². The number of aliphatic hydroxyl groups excluding tert-OH is 2. The molecule has 2 heterocycles. The molecule has 0 aromatic carbocycles. The van der Waals surface area contributed by atoms with Gasteiger partial charge in [-0.1, -0.05) is 0 Å². The lowest BCUT2D eigenvalue weighted by molar-refractivity contribution is -0.131. The lowest BCUT2D eigenvalue weighted by atomic mass is 10.2. The molecule has 114 valence electrons. The van der Waals surface area contributed by atoms with Gasteiger partial charge in [0.1, 0.15) is 12.3 Å². The van der Waals surface area contributed by atoms with Gasteiger partial charge in [0.25, 0.3) is 5.56 Å². The summed E-state index contributed by atoms with van der Waals surface area (Å²) in [6.45, 7) is -0.401. The van der Waals surface area contributed by atoms with Crippen molar-refractivity contribution in [1.29, 1.82) is 0 Å². The molecule has 2 rings (SSSR count). The lowest BCUT2D eigenvalue weighted by Crippen LogP contribution is -2.33. The van der Waals surface area contributed by atoms with E-state index in [4.69, 9.17) is 14.9 Å². The Kier molecular flexibility index (Phi) is 4.36. The van der Waals surface area contributed by atoms with Crippen LogP contribution in [0.25, 0.3) is 6.08 Å². The molecule has 1 aromatic rings. The van der Waals surface area contributed by atoms with Crippen molar-refractivity contribution in [3.63, 3.8) is 0 Å². The molecular weight excluding hydrogens is 284 g/mol. The first-order chi connectivity index (χ1) is 9.92. The third-order valence-electron chi connectivity index (χ3n) is 3.10. The van der Waals surface area contributed by atoms with Gasteiger partial charge in [0, 0.05) is 18.7 Å². The van der Waals surface area contributed by atoms with Crippen LogP contribution >= 0.6 is 0 Å². The normalized spacial score (nSPS) is 25.5. The van der Waals surface area contributed by atoms with Crippen LogP contribution in [-0.4, -0.2) is 49.7 Å². The summed E-state index contributed by atoms with van der Waals surface area (Å²) in [6.07, 6.45) is 0.436. The van der Waals surface area contributed by atoms with Crippen LogP contribution in [0, 0.1) is 0 Å². The zero-order chi connectivity index (χ0) is 15.6. The second-order valence-corrected chi connectivity index (χ2v) is 4.54. The minimum atomic E-state index is -1.24. The summed E-state index contributed by atoms with van der Waals surface area (Å²) < 4.78 is 6.35. The van der Waals surface area contributed by atoms with E-state index in [0.717, 1.165) is 22.9 Å². The average molecular weight is 298 g/mol. The van der Waals surface area contributed by atoms with Crippen LogP contribution in [-0.2, 0) is 9.53 Å². The first-order valence-electron chi connectivity index (χ1n) is 6.13. The number of hydrogen-bond acceptors (Lipinski definition) is 6. The number of H-pyrrole nitrogens is 1. The number of carboxylic acid groups (broad SMARTS) is 1. The average Bonchev–Trinajstić information content (AvgIpc) is 2.78. The number of nitrogens with one attached hydrogen (secondary N) is 1. The molecule has 0 bridgehead atoms. The summed E-state index contributed by atoms with van der Waals surface area (Å²) in [4.78, 5) is 35.8. The highest BCUT2D eigenvalue weighted by Crippen LogP contribution is 2.27. The molecule has 1 saturated heterocycles. The summed E-state index contributed by atoms with van der Waals surface area (Å²) in [5.74, 6) is -1.24. The summed E-state index contributed by atoms with van der Waals surface area (Å²) in [7, 11) is 0.